The lowest BCUT2D eigenvalue weighted by Crippen LogP contribution is -1.85. The van der Waals surface area contributed by atoms with Crippen LogP contribution in [0.25, 0.3) is 0 Å². The quantitative estimate of drug-likeness (QED) is 0.610. The van der Waals surface area contributed by atoms with Gasteiger partial charge in [-0.1, -0.05) is 13.3 Å². The maximum Gasteiger partial charge on any atom is 0.138 e. The molecule has 0 aliphatic rings. The van der Waals surface area contributed by atoms with E-state index in [1.165, 1.54) is 19.0 Å². The monoisotopic (exact) mass is 197 g/mol. The highest BCUT2D eigenvalue weighted by Gasteiger charge is 2.18. The molecule has 2 heteroatoms. The van der Waals surface area contributed by atoms with Crippen molar-refractivity contribution in [2.24, 2.45) is 0 Å². The summed E-state index contributed by atoms with van der Waals surface area (Å²) in [6, 6.07) is 0. The van der Waals surface area contributed by atoms with Gasteiger partial charge in [0.15, 0.2) is 0 Å². The van der Waals surface area contributed by atoms with E-state index < -0.39 is 5.96 Å². The molecule has 0 aromatic rings. The van der Waals surface area contributed by atoms with Crippen LogP contribution in [0.4, 0.5) is 0 Å². The van der Waals surface area contributed by atoms with Gasteiger partial charge in [-0.05, 0) is 6.42 Å². The van der Waals surface area contributed by atoms with E-state index in [-0.39, 0.29) is 0 Å². The van der Waals surface area contributed by atoms with E-state index in [0.29, 0.717) is 0 Å². The number of halogens is 1. The zero-order valence-electron chi connectivity index (χ0n) is 5.95. The van der Waals surface area contributed by atoms with Gasteiger partial charge in [-0.25, -0.2) is 0 Å². The first-order chi connectivity index (χ1) is 3.56. The van der Waals surface area contributed by atoms with Gasteiger partial charge in [0.2, 0.25) is 0 Å². The van der Waals surface area contributed by atoms with Crippen molar-refractivity contribution >= 4 is 21.5 Å². The molecule has 50 valence electrons. The first-order valence-corrected chi connectivity index (χ1v) is 7.97. The predicted octanol–water partition coefficient (Wildman–Crippen LogP) is 3.37. The summed E-state index contributed by atoms with van der Waals surface area (Å²) in [5, 5.41) is 0. The summed E-state index contributed by atoms with van der Waals surface area (Å²) < 4.78 is 0. The fourth-order valence-electron chi connectivity index (χ4n) is 0.534. The first-order valence-electron chi connectivity index (χ1n) is 3.09. The van der Waals surface area contributed by atoms with Crippen molar-refractivity contribution in [3.8, 4) is 0 Å². The van der Waals surface area contributed by atoms with E-state index in [9.17, 15) is 0 Å². The molecule has 0 N–H and O–H groups in total. The molecule has 0 aromatic carbocycles. The summed E-state index contributed by atoms with van der Waals surface area (Å²) in [4.78, 5) is 0. The first kappa shape index (κ1) is 8.91. The zero-order chi connectivity index (χ0) is 6.62. The Balaban J connectivity index is 3.11. The fraction of sp³-hybridized carbons (Fsp3) is 1.00. The van der Waals surface area contributed by atoms with Crippen LogP contribution in [0.2, 0.25) is 0 Å². The third-order valence-electron chi connectivity index (χ3n) is 1.04. The molecular formula is C6H15BrP+. The van der Waals surface area contributed by atoms with Gasteiger partial charge in [-0.15, -0.1) is 0 Å². The van der Waals surface area contributed by atoms with E-state index in [1.54, 1.807) is 0 Å². The Morgan fingerprint density at radius 1 is 1.38 bits per heavy atom. The minimum atomic E-state index is -0.620. The second kappa shape index (κ2) is 3.85. The molecule has 8 heavy (non-hydrogen) atoms. The van der Waals surface area contributed by atoms with Crippen LogP contribution in [0, 0.1) is 0 Å². The summed E-state index contributed by atoms with van der Waals surface area (Å²) in [5.74, 6) is -0.620. The molecule has 0 radical (unpaired) electrons. The van der Waals surface area contributed by atoms with Gasteiger partial charge in [0.1, 0.15) is 15.5 Å². The van der Waals surface area contributed by atoms with Gasteiger partial charge in [-0.2, -0.15) is 0 Å². The molecule has 0 nitrogen and oxygen atoms in total. The molecule has 0 saturated heterocycles. The average molecular weight is 198 g/mol. The fourth-order valence-corrected chi connectivity index (χ4v) is 2.35. The van der Waals surface area contributed by atoms with Gasteiger partial charge in [-0.3, -0.25) is 0 Å². The number of unbranched alkanes of at least 4 members (excludes halogenated alkanes) is 1. The third-order valence-corrected chi connectivity index (χ3v) is 3.49. The highest BCUT2D eigenvalue weighted by Crippen LogP contribution is 2.59. The van der Waals surface area contributed by atoms with Crippen LogP contribution >= 0.6 is 21.5 Å². The van der Waals surface area contributed by atoms with Crippen LogP contribution in [-0.2, 0) is 0 Å². The van der Waals surface area contributed by atoms with Crippen LogP contribution in [0.1, 0.15) is 19.8 Å². The lowest BCUT2D eigenvalue weighted by molar-refractivity contribution is 0.891. The molecule has 0 unspecified atom stereocenters. The highest BCUT2D eigenvalue weighted by atomic mass is 79.9. The molecule has 0 amide bonds. The molecule has 0 aromatic heterocycles. The number of hydrogen-bond acceptors (Lipinski definition) is 0. The van der Waals surface area contributed by atoms with Crippen LogP contribution in [0.15, 0.2) is 0 Å². The Morgan fingerprint density at radius 2 is 1.88 bits per heavy atom. The number of hydrogen-bond donors (Lipinski definition) is 0. The van der Waals surface area contributed by atoms with Crippen LogP contribution in [0.5, 0.6) is 0 Å². The van der Waals surface area contributed by atoms with Gasteiger partial charge in [0, 0.05) is 0 Å². The second-order valence-corrected chi connectivity index (χ2v) is 11.9. The predicted molar refractivity (Wildman–Crippen MR) is 47.5 cm³/mol. The van der Waals surface area contributed by atoms with E-state index in [0.717, 1.165) is 0 Å². The van der Waals surface area contributed by atoms with E-state index >= 15 is 0 Å². The average Bonchev–Trinajstić information content (AvgIpc) is 1.59. The standard InChI is InChI=1S/C6H15BrP/c1-4-5-6-8(2,3)7/h4-6H2,1-3H3/q+1. The Morgan fingerprint density at radius 3 is 2.00 bits per heavy atom. The van der Waals surface area contributed by atoms with Crippen molar-refractivity contribution in [1.82, 2.24) is 0 Å². The maximum absolute atomic E-state index is 3.69. The molecule has 0 atom stereocenters. The molecule has 0 saturated carbocycles. The molecule has 0 heterocycles. The summed E-state index contributed by atoms with van der Waals surface area (Å²) in [6.07, 6.45) is 4.10. The van der Waals surface area contributed by atoms with Gasteiger partial charge in [0.05, 0.1) is 25.5 Å². The minimum absolute atomic E-state index is 0.620. The topological polar surface area (TPSA) is 0 Å². The van der Waals surface area contributed by atoms with Crippen molar-refractivity contribution in [2.75, 3.05) is 19.5 Å². The largest absolute Gasteiger partial charge is 0.138 e. The number of rotatable bonds is 3. The molecular weight excluding hydrogens is 183 g/mol. The van der Waals surface area contributed by atoms with Crippen molar-refractivity contribution in [3.63, 3.8) is 0 Å². The molecule has 0 aliphatic heterocycles. The Hall–Kier alpha value is 0.910. The van der Waals surface area contributed by atoms with Gasteiger partial charge >= 0.3 is 0 Å². The summed E-state index contributed by atoms with van der Waals surface area (Å²) in [7, 11) is 0. The zero-order valence-corrected chi connectivity index (χ0v) is 8.43. The van der Waals surface area contributed by atoms with E-state index in [4.69, 9.17) is 0 Å². The Kier molecular flexibility index (Phi) is 4.28. The minimum Gasteiger partial charge on any atom is -0.0652 e. The van der Waals surface area contributed by atoms with Crippen LogP contribution < -0.4 is 0 Å². The lowest BCUT2D eigenvalue weighted by atomic mass is 10.4. The highest BCUT2D eigenvalue weighted by molar-refractivity contribution is 9.42. The molecule has 0 rings (SSSR count). The Bertz CT molecular complexity index is 56.0. The third kappa shape index (κ3) is 6.91. The van der Waals surface area contributed by atoms with E-state index in [2.05, 4.69) is 35.7 Å². The maximum atomic E-state index is 3.69. The lowest BCUT2D eigenvalue weighted by Gasteiger charge is -2.05. The SMILES string of the molecule is CCCC[P+](C)(C)Br. The smallest absolute Gasteiger partial charge is 0.0652 e. The van der Waals surface area contributed by atoms with Gasteiger partial charge in [0.25, 0.3) is 0 Å². The molecule has 0 spiro atoms. The van der Waals surface area contributed by atoms with Crippen molar-refractivity contribution < 1.29 is 0 Å². The van der Waals surface area contributed by atoms with Crippen LogP contribution in [0.3, 0.4) is 0 Å². The van der Waals surface area contributed by atoms with E-state index in [1.807, 2.05) is 0 Å². The molecule has 0 aliphatic carbocycles. The van der Waals surface area contributed by atoms with Crippen molar-refractivity contribution in [3.05, 3.63) is 0 Å². The Labute approximate surface area is 61.1 Å². The second-order valence-electron chi connectivity index (χ2n) is 2.61. The van der Waals surface area contributed by atoms with Crippen molar-refractivity contribution in [1.29, 1.82) is 0 Å². The van der Waals surface area contributed by atoms with Gasteiger partial charge < -0.3 is 0 Å². The summed E-state index contributed by atoms with van der Waals surface area (Å²) in [6.45, 7) is 6.88. The molecule has 0 bridgehead atoms. The summed E-state index contributed by atoms with van der Waals surface area (Å²) >= 11 is 3.69. The normalized spacial score (nSPS) is 12.0. The summed E-state index contributed by atoms with van der Waals surface area (Å²) in [5.41, 5.74) is 0. The van der Waals surface area contributed by atoms with Crippen molar-refractivity contribution in [2.45, 2.75) is 19.8 Å². The molecule has 0 fully saturated rings. The van der Waals surface area contributed by atoms with Crippen LogP contribution in [-0.4, -0.2) is 19.5 Å².